The molecule has 2 aliphatic rings. The van der Waals surface area contributed by atoms with E-state index in [9.17, 15) is 4.79 Å². The van der Waals surface area contributed by atoms with E-state index in [2.05, 4.69) is 50.0 Å². The Balaban J connectivity index is 1.90. The summed E-state index contributed by atoms with van der Waals surface area (Å²) in [5, 5.41) is 7.07. The Morgan fingerprint density at radius 3 is 2.56 bits per heavy atom. The van der Waals surface area contributed by atoms with Gasteiger partial charge in [-0.2, -0.15) is 5.10 Å². The van der Waals surface area contributed by atoms with E-state index in [1.807, 2.05) is 18.2 Å². The molecule has 4 nitrogen and oxygen atoms in total. The summed E-state index contributed by atoms with van der Waals surface area (Å²) in [6.07, 6.45) is 3.27. The molecule has 3 rings (SSSR count). The van der Waals surface area contributed by atoms with Crippen LogP contribution in [0.25, 0.3) is 0 Å². The summed E-state index contributed by atoms with van der Waals surface area (Å²) in [5.41, 5.74) is 4.29. The molecule has 0 saturated carbocycles. The summed E-state index contributed by atoms with van der Waals surface area (Å²) in [5.74, 6) is 0.298. The van der Waals surface area contributed by atoms with Crippen LogP contribution in [0.4, 0.5) is 0 Å². The standard InChI is InChI=1S/C21H29N3O/c1-21(2)14-19-17(20(25)15-21)13-18(16-9-6-5-7-10-16)22-24(19)12-8-11-23(3)4/h5-7,9-10H,8,11-15H2,1-4H3. The molecule has 0 amide bonds. The van der Waals surface area contributed by atoms with Gasteiger partial charge in [0.1, 0.15) is 0 Å². The van der Waals surface area contributed by atoms with Crippen LogP contribution >= 0.6 is 0 Å². The molecular formula is C21H29N3O. The SMILES string of the molecule is CN(C)CCCN1N=C(c2ccccc2)CC2=C1CC(C)(C)CC2=O. The molecule has 1 aliphatic heterocycles. The van der Waals surface area contributed by atoms with Gasteiger partial charge < -0.3 is 4.90 Å². The van der Waals surface area contributed by atoms with E-state index < -0.39 is 0 Å². The van der Waals surface area contributed by atoms with Crippen LogP contribution in [0.3, 0.4) is 0 Å². The minimum atomic E-state index is 0.0233. The van der Waals surface area contributed by atoms with Gasteiger partial charge in [0.15, 0.2) is 5.78 Å². The van der Waals surface area contributed by atoms with Crippen molar-refractivity contribution in [2.45, 2.75) is 39.5 Å². The molecular weight excluding hydrogens is 310 g/mol. The smallest absolute Gasteiger partial charge is 0.161 e. The lowest BCUT2D eigenvalue weighted by Gasteiger charge is -2.39. The highest BCUT2D eigenvalue weighted by Crippen LogP contribution is 2.41. The minimum absolute atomic E-state index is 0.0233. The Kier molecular flexibility index (Phi) is 5.09. The number of carbonyl (C=O) groups excluding carboxylic acids is 1. The molecule has 0 saturated heterocycles. The number of hydrogen-bond donors (Lipinski definition) is 0. The maximum Gasteiger partial charge on any atom is 0.161 e. The third-order valence-corrected chi connectivity index (χ3v) is 4.95. The van der Waals surface area contributed by atoms with Crippen molar-refractivity contribution < 1.29 is 4.79 Å². The third kappa shape index (κ3) is 4.18. The van der Waals surface area contributed by atoms with Crippen molar-refractivity contribution >= 4 is 11.5 Å². The van der Waals surface area contributed by atoms with Crippen LogP contribution in [0, 0.1) is 5.41 Å². The first kappa shape index (κ1) is 17.9. The van der Waals surface area contributed by atoms with Crippen molar-refractivity contribution in [2.24, 2.45) is 10.5 Å². The fourth-order valence-corrected chi connectivity index (χ4v) is 3.69. The van der Waals surface area contributed by atoms with Crippen LogP contribution in [-0.2, 0) is 4.79 Å². The third-order valence-electron chi connectivity index (χ3n) is 4.95. The second-order valence-electron chi connectivity index (χ2n) is 8.24. The van der Waals surface area contributed by atoms with Gasteiger partial charge >= 0.3 is 0 Å². The molecule has 0 unspecified atom stereocenters. The van der Waals surface area contributed by atoms with Gasteiger partial charge in [0.2, 0.25) is 0 Å². The summed E-state index contributed by atoms with van der Waals surface area (Å²) in [6, 6.07) is 10.2. The number of hydrazone groups is 1. The topological polar surface area (TPSA) is 35.9 Å². The van der Waals surface area contributed by atoms with Crippen molar-refractivity contribution in [3.05, 3.63) is 47.2 Å². The molecule has 0 bridgehead atoms. The summed E-state index contributed by atoms with van der Waals surface area (Å²) < 4.78 is 0. The predicted molar refractivity (Wildman–Crippen MR) is 103 cm³/mol. The number of nitrogens with zero attached hydrogens (tertiary/aromatic N) is 3. The molecule has 0 spiro atoms. The van der Waals surface area contributed by atoms with Crippen LogP contribution in [0.2, 0.25) is 0 Å². The molecule has 0 radical (unpaired) electrons. The van der Waals surface area contributed by atoms with Crippen molar-refractivity contribution in [1.82, 2.24) is 9.91 Å². The zero-order valence-corrected chi connectivity index (χ0v) is 15.9. The highest BCUT2D eigenvalue weighted by molar-refractivity contribution is 6.09. The van der Waals surface area contributed by atoms with Crippen molar-refractivity contribution in [3.8, 4) is 0 Å². The Hall–Kier alpha value is -1.94. The highest BCUT2D eigenvalue weighted by Gasteiger charge is 2.37. The first-order chi connectivity index (χ1) is 11.9. The average molecular weight is 339 g/mol. The molecule has 4 heteroatoms. The van der Waals surface area contributed by atoms with Gasteiger partial charge in [0.05, 0.1) is 5.71 Å². The Morgan fingerprint density at radius 2 is 1.88 bits per heavy atom. The molecule has 1 aromatic rings. The zero-order chi connectivity index (χ0) is 18.0. The normalized spacial score (nSPS) is 20.0. The molecule has 25 heavy (non-hydrogen) atoms. The van der Waals surface area contributed by atoms with Gasteiger partial charge in [0.25, 0.3) is 0 Å². The summed E-state index contributed by atoms with van der Waals surface area (Å²) in [4.78, 5) is 15.0. The van der Waals surface area contributed by atoms with Gasteiger partial charge in [0, 0.05) is 30.7 Å². The van der Waals surface area contributed by atoms with E-state index in [0.29, 0.717) is 18.6 Å². The van der Waals surface area contributed by atoms with E-state index in [-0.39, 0.29) is 5.41 Å². The van der Waals surface area contributed by atoms with E-state index >= 15 is 0 Å². The Morgan fingerprint density at radius 1 is 1.16 bits per heavy atom. The largest absolute Gasteiger partial charge is 0.309 e. The van der Waals surface area contributed by atoms with E-state index in [1.165, 1.54) is 0 Å². The lowest BCUT2D eigenvalue weighted by Crippen LogP contribution is -2.37. The second kappa shape index (κ2) is 7.12. The summed E-state index contributed by atoms with van der Waals surface area (Å²) in [6.45, 7) is 6.25. The molecule has 1 aliphatic carbocycles. The predicted octanol–water partition coefficient (Wildman–Crippen LogP) is 3.69. The monoisotopic (exact) mass is 339 g/mol. The van der Waals surface area contributed by atoms with Crippen molar-refractivity contribution in [3.63, 3.8) is 0 Å². The summed E-state index contributed by atoms with van der Waals surface area (Å²) >= 11 is 0. The highest BCUT2D eigenvalue weighted by atomic mass is 16.1. The minimum Gasteiger partial charge on any atom is -0.309 e. The average Bonchev–Trinajstić information content (AvgIpc) is 2.55. The van der Waals surface area contributed by atoms with Gasteiger partial charge in [-0.15, -0.1) is 0 Å². The number of hydrogen-bond acceptors (Lipinski definition) is 4. The maximum absolute atomic E-state index is 12.8. The van der Waals surface area contributed by atoms with Crippen molar-refractivity contribution in [2.75, 3.05) is 27.2 Å². The zero-order valence-electron chi connectivity index (χ0n) is 15.9. The summed E-state index contributed by atoms with van der Waals surface area (Å²) in [7, 11) is 4.18. The molecule has 0 atom stereocenters. The first-order valence-electron chi connectivity index (χ1n) is 9.16. The van der Waals surface area contributed by atoms with Crippen LogP contribution in [-0.4, -0.2) is 48.6 Å². The number of rotatable bonds is 5. The fourth-order valence-electron chi connectivity index (χ4n) is 3.69. The van der Waals surface area contributed by atoms with E-state index in [0.717, 1.165) is 48.5 Å². The number of allylic oxidation sites excluding steroid dienone is 2. The lowest BCUT2D eigenvalue weighted by atomic mass is 9.74. The first-order valence-corrected chi connectivity index (χ1v) is 9.16. The molecule has 1 heterocycles. The molecule has 0 N–H and O–H groups in total. The van der Waals surface area contributed by atoms with Crippen LogP contribution in [0.1, 0.15) is 45.1 Å². The molecule has 134 valence electrons. The van der Waals surface area contributed by atoms with Gasteiger partial charge in [-0.1, -0.05) is 44.2 Å². The van der Waals surface area contributed by atoms with Crippen molar-refractivity contribution in [1.29, 1.82) is 0 Å². The quantitative estimate of drug-likeness (QED) is 0.821. The van der Waals surface area contributed by atoms with Crippen LogP contribution < -0.4 is 0 Å². The van der Waals surface area contributed by atoms with Gasteiger partial charge in [-0.25, -0.2) is 0 Å². The van der Waals surface area contributed by atoms with Crippen LogP contribution in [0.5, 0.6) is 0 Å². The number of ketones is 1. The number of benzene rings is 1. The fraction of sp³-hybridized carbons (Fsp3) is 0.524. The molecule has 0 aromatic heterocycles. The molecule has 1 aromatic carbocycles. The lowest BCUT2D eigenvalue weighted by molar-refractivity contribution is -0.118. The molecule has 0 fully saturated rings. The Labute approximate surface area is 151 Å². The van der Waals surface area contributed by atoms with E-state index in [1.54, 1.807) is 0 Å². The van der Waals surface area contributed by atoms with Gasteiger partial charge in [-0.05, 0) is 44.5 Å². The maximum atomic E-state index is 12.8. The Bertz CT molecular complexity index is 701. The van der Waals surface area contributed by atoms with Gasteiger partial charge in [-0.3, -0.25) is 9.80 Å². The second-order valence-corrected chi connectivity index (χ2v) is 8.24. The van der Waals surface area contributed by atoms with Crippen LogP contribution in [0.15, 0.2) is 46.7 Å². The number of carbonyl (C=O) groups is 1. The van der Waals surface area contributed by atoms with E-state index in [4.69, 9.17) is 5.10 Å². The number of Topliss-reactive ketones (excluding diaryl/α,β-unsaturated/α-hetero) is 1.